The summed E-state index contributed by atoms with van der Waals surface area (Å²) < 4.78 is 0. The predicted molar refractivity (Wildman–Crippen MR) is 78.7 cm³/mol. The SMILES string of the molecule is CC1CNC(C(=O)Nc2ccc(N(C)C)cc2)CN1. The molecular formula is C14H22N4O. The van der Waals surface area contributed by atoms with Crippen molar-refractivity contribution < 1.29 is 4.79 Å². The third-order valence-electron chi connectivity index (χ3n) is 3.31. The van der Waals surface area contributed by atoms with Crippen molar-refractivity contribution >= 4 is 17.3 Å². The smallest absolute Gasteiger partial charge is 0.242 e. The normalized spacial score (nSPS) is 22.9. The van der Waals surface area contributed by atoms with Crippen LogP contribution < -0.4 is 20.9 Å². The molecule has 5 heteroatoms. The molecule has 1 heterocycles. The maximum absolute atomic E-state index is 12.1. The van der Waals surface area contributed by atoms with E-state index in [4.69, 9.17) is 0 Å². The van der Waals surface area contributed by atoms with Gasteiger partial charge in [-0.3, -0.25) is 4.79 Å². The zero-order valence-electron chi connectivity index (χ0n) is 11.7. The van der Waals surface area contributed by atoms with Crippen LogP contribution in [0.2, 0.25) is 0 Å². The molecular weight excluding hydrogens is 240 g/mol. The summed E-state index contributed by atoms with van der Waals surface area (Å²) in [6.45, 7) is 3.58. The summed E-state index contributed by atoms with van der Waals surface area (Å²) in [6.07, 6.45) is 0. The van der Waals surface area contributed by atoms with E-state index in [2.05, 4.69) is 22.9 Å². The second-order valence-electron chi connectivity index (χ2n) is 5.20. The third-order valence-corrected chi connectivity index (χ3v) is 3.31. The van der Waals surface area contributed by atoms with E-state index in [-0.39, 0.29) is 11.9 Å². The molecule has 2 rings (SSSR count). The molecule has 2 unspecified atom stereocenters. The van der Waals surface area contributed by atoms with Gasteiger partial charge in [-0.2, -0.15) is 0 Å². The van der Waals surface area contributed by atoms with Crippen LogP contribution in [-0.4, -0.2) is 45.2 Å². The average Bonchev–Trinajstić information content (AvgIpc) is 2.40. The molecule has 1 amide bonds. The van der Waals surface area contributed by atoms with Crippen LogP contribution in [0.3, 0.4) is 0 Å². The molecule has 0 spiro atoms. The van der Waals surface area contributed by atoms with E-state index in [1.807, 2.05) is 43.3 Å². The van der Waals surface area contributed by atoms with Crippen molar-refractivity contribution in [2.45, 2.75) is 19.0 Å². The molecule has 0 saturated carbocycles. The first-order chi connectivity index (χ1) is 9.06. The molecule has 2 atom stereocenters. The Bertz CT molecular complexity index is 422. The highest BCUT2D eigenvalue weighted by atomic mass is 16.2. The molecule has 104 valence electrons. The highest BCUT2D eigenvalue weighted by molar-refractivity contribution is 5.95. The van der Waals surface area contributed by atoms with E-state index in [1.165, 1.54) is 0 Å². The van der Waals surface area contributed by atoms with Gasteiger partial charge in [-0.05, 0) is 31.2 Å². The monoisotopic (exact) mass is 262 g/mol. The largest absolute Gasteiger partial charge is 0.378 e. The van der Waals surface area contributed by atoms with Crippen LogP contribution in [0.5, 0.6) is 0 Å². The molecule has 1 aromatic carbocycles. The van der Waals surface area contributed by atoms with E-state index < -0.39 is 0 Å². The first kappa shape index (κ1) is 13.8. The zero-order chi connectivity index (χ0) is 13.8. The number of carbonyl (C=O) groups excluding carboxylic acids is 1. The van der Waals surface area contributed by atoms with Crippen LogP contribution in [0.25, 0.3) is 0 Å². The predicted octanol–water partition coefficient (Wildman–Crippen LogP) is 0.641. The van der Waals surface area contributed by atoms with Crippen molar-refractivity contribution in [2.24, 2.45) is 0 Å². The first-order valence-corrected chi connectivity index (χ1v) is 6.61. The van der Waals surface area contributed by atoms with Gasteiger partial charge in [0.25, 0.3) is 0 Å². The fourth-order valence-electron chi connectivity index (χ4n) is 2.04. The van der Waals surface area contributed by atoms with E-state index in [0.29, 0.717) is 12.6 Å². The van der Waals surface area contributed by atoms with Crippen molar-refractivity contribution in [2.75, 3.05) is 37.4 Å². The van der Waals surface area contributed by atoms with E-state index >= 15 is 0 Å². The summed E-state index contributed by atoms with van der Waals surface area (Å²) in [6, 6.07) is 8.08. The van der Waals surface area contributed by atoms with Crippen molar-refractivity contribution in [3.8, 4) is 0 Å². The Morgan fingerprint density at radius 1 is 1.21 bits per heavy atom. The standard InChI is InChI=1S/C14H22N4O/c1-10-8-16-13(9-15-10)14(19)17-11-4-6-12(7-5-11)18(2)3/h4-7,10,13,15-16H,8-9H2,1-3H3,(H,17,19). The number of hydrogen-bond donors (Lipinski definition) is 3. The average molecular weight is 262 g/mol. The minimum absolute atomic E-state index is 0.0111. The second-order valence-corrected chi connectivity index (χ2v) is 5.20. The highest BCUT2D eigenvalue weighted by Crippen LogP contribution is 2.15. The molecule has 1 aliphatic rings. The minimum atomic E-state index is -0.162. The van der Waals surface area contributed by atoms with Gasteiger partial charge in [-0.25, -0.2) is 0 Å². The number of piperazine rings is 1. The summed E-state index contributed by atoms with van der Waals surface area (Å²) in [7, 11) is 3.98. The Labute approximate surface area is 114 Å². The van der Waals surface area contributed by atoms with E-state index in [1.54, 1.807) is 0 Å². The van der Waals surface area contributed by atoms with Crippen LogP contribution in [0.15, 0.2) is 24.3 Å². The lowest BCUT2D eigenvalue weighted by atomic mass is 10.1. The third kappa shape index (κ3) is 3.68. The number of anilines is 2. The van der Waals surface area contributed by atoms with E-state index in [9.17, 15) is 4.79 Å². The van der Waals surface area contributed by atoms with Gasteiger partial charge in [0, 0.05) is 44.6 Å². The quantitative estimate of drug-likeness (QED) is 0.748. The fraction of sp³-hybridized carbons (Fsp3) is 0.500. The van der Waals surface area contributed by atoms with Crippen LogP contribution in [0.1, 0.15) is 6.92 Å². The number of nitrogens with zero attached hydrogens (tertiary/aromatic N) is 1. The number of rotatable bonds is 3. The van der Waals surface area contributed by atoms with Gasteiger partial charge in [-0.15, -0.1) is 0 Å². The van der Waals surface area contributed by atoms with Gasteiger partial charge in [0.15, 0.2) is 0 Å². The fourth-order valence-corrected chi connectivity index (χ4v) is 2.04. The Hall–Kier alpha value is -1.59. The van der Waals surface area contributed by atoms with Gasteiger partial charge in [-0.1, -0.05) is 0 Å². The molecule has 0 aromatic heterocycles. The van der Waals surface area contributed by atoms with Gasteiger partial charge >= 0.3 is 0 Å². The van der Waals surface area contributed by atoms with Gasteiger partial charge in [0.05, 0.1) is 6.04 Å². The van der Waals surface area contributed by atoms with Crippen molar-refractivity contribution in [3.05, 3.63) is 24.3 Å². The lowest BCUT2D eigenvalue weighted by molar-refractivity contribution is -0.118. The van der Waals surface area contributed by atoms with Gasteiger partial charge in [0.2, 0.25) is 5.91 Å². The molecule has 19 heavy (non-hydrogen) atoms. The first-order valence-electron chi connectivity index (χ1n) is 6.61. The maximum Gasteiger partial charge on any atom is 0.242 e. The zero-order valence-corrected chi connectivity index (χ0v) is 11.7. The number of benzene rings is 1. The molecule has 0 radical (unpaired) electrons. The molecule has 0 bridgehead atoms. The van der Waals surface area contributed by atoms with Crippen LogP contribution in [0, 0.1) is 0 Å². The molecule has 1 aromatic rings. The molecule has 0 aliphatic carbocycles. The molecule has 1 aliphatic heterocycles. The number of amides is 1. The summed E-state index contributed by atoms with van der Waals surface area (Å²) in [4.78, 5) is 14.1. The van der Waals surface area contributed by atoms with Gasteiger partial charge in [0.1, 0.15) is 0 Å². The summed E-state index contributed by atoms with van der Waals surface area (Å²) >= 11 is 0. The summed E-state index contributed by atoms with van der Waals surface area (Å²) in [5.74, 6) is 0.0111. The van der Waals surface area contributed by atoms with Crippen molar-refractivity contribution in [3.63, 3.8) is 0 Å². The summed E-state index contributed by atoms with van der Waals surface area (Å²) in [5, 5.41) is 9.46. The lowest BCUT2D eigenvalue weighted by Crippen LogP contribution is -2.57. The molecule has 3 N–H and O–H groups in total. The van der Waals surface area contributed by atoms with Gasteiger partial charge < -0.3 is 20.9 Å². The minimum Gasteiger partial charge on any atom is -0.378 e. The van der Waals surface area contributed by atoms with Crippen LogP contribution in [-0.2, 0) is 4.79 Å². The van der Waals surface area contributed by atoms with Crippen molar-refractivity contribution in [1.29, 1.82) is 0 Å². The Balaban J connectivity index is 1.91. The second kappa shape index (κ2) is 6.04. The number of nitrogens with one attached hydrogen (secondary N) is 3. The topological polar surface area (TPSA) is 56.4 Å². The van der Waals surface area contributed by atoms with Crippen LogP contribution in [0.4, 0.5) is 11.4 Å². The number of carbonyl (C=O) groups is 1. The molecule has 1 fully saturated rings. The van der Waals surface area contributed by atoms with E-state index in [0.717, 1.165) is 17.9 Å². The Morgan fingerprint density at radius 3 is 2.42 bits per heavy atom. The van der Waals surface area contributed by atoms with Crippen LogP contribution >= 0.6 is 0 Å². The highest BCUT2D eigenvalue weighted by Gasteiger charge is 2.23. The Kier molecular flexibility index (Phi) is 4.39. The van der Waals surface area contributed by atoms with Crippen molar-refractivity contribution in [1.82, 2.24) is 10.6 Å². The molecule has 5 nitrogen and oxygen atoms in total. The molecule has 1 saturated heterocycles. The lowest BCUT2D eigenvalue weighted by Gasteiger charge is -2.28. The summed E-state index contributed by atoms with van der Waals surface area (Å²) in [5.41, 5.74) is 1.94. The number of hydrogen-bond acceptors (Lipinski definition) is 4. The maximum atomic E-state index is 12.1. The Morgan fingerprint density at radius 2 is 1.89 bits per heavy atom.